The molecule has 1 heterocycles. The van der Waals surface area contributed by atoms with Crippen LogP contribution >= 0.6 is 0 Å². The minimum absolute atomic E-state index is 0.0554. The molecule has 0 radical (unpaired) electrons. The summed E-state index contributed by atoms with van der Waals surface area (Å²) in [5.74, 6) is 0.0554. The summed E-state index contributed by atoms with van der Waals surface area (Å²) in [4.78, 5) is 22.2. The third-order valence-electron chi connectivity index (χ3n) is 4.86. The van der Waals surface area contributed by atoms with Crippen molar-refractivity contribution in [3.8, 4) is 0 Å². The van der Waals surface area contributed by atoms with Crippen molar-refractivity contribution in [2.45, 2.75) is 31.3 Å². The molecule has 0 spiro atoms. The van der Waals surface area contributed by atoms with Crippen molar-refractivity contribution in [1.29, 1.82) is 0 Å². The quantitative estimate of drug-likeness (QED) is 0.727. The van der Waals surface area contributed by atoms with E-state index in [0.29, 0.717) is 5.71 Å². The molecule has 2 aromatic rings. The van der Waals surface area contributed by atoms with Crippen molar-refractivity contribution in [1.82, 2.24) is 0 Å². The molecule has 0 amide bonds. The first-order valence-electron chi connectivity index (χ1n) is 7.55. The summed E-state index contributed by atoms with van der Waals surface area (Å²) in [6.07, 6.45) is 3.33. The van der Waals surface area contributed by atoms with Gasteiger partial charge in [-0.15, -0.1) is 0 Å². The molecule has 2 unspecified atom stereocenters. The van der Waals surface area contributed by atoms with E-state index >= 15 is 0 Å². The van der Waals surface area contributed by atoms with Gasteiger partial charge >= 0.3 is 0 Å². The van der Waals surface area contributed by atoms with Crippen LogP contribution in [0.2, 0.25) is 0 Å². The van der Waals surface area contributed by atoms with E-state index in [-0.39, 0.29) is 17.9 Å². The summed E-state index contributed by atoms with van der Waals surface area (Å²) in [5, 5.41) is 2.26. The molecular weight excluding hydrogens is 260 g/mol. The number of hydrogen-bond donors (Lipinski definition) is 0. The number of carbonyl (C=O) groups excluding carboxylic acids is 1. The average molecular weight is 274 g/mol. The minimum Gasteiger partial charge on any atom is -0.287 e. The van der Waals surface area contributed by atoms with Gasteiger partial charge in [-0.1, -0.05) is 24.3 Å². The zero-order valence-corrected chi connectivity index (χ0v) is 11.5. The second kappa shape index (κ2) is 3.88. The first kappa shape index (κ1) is 11.4. The summed E-state index contributed by atoms with van der Waals surface area (Å²) >= 11 is 0. The lowest BCUT2D eigenvalue weighted by Gasteiger charge is -2.18. The third kappa shape index (κ3) is 1.46. The second-order valence-electron chi connectivity index (χ2n) is 6.10. The van der Waals surface area contributed by atoms with Gasteiger partial charge in [0.05, 0.1) is 17.8 Å². The van der Waals surface area contributed by atoms with E-state index < -0.39 is 0 Å². The Bertz CT molecular complexity index is 863. The Morgan fingerprint density at radius 2 is 1.48 bits per heavy atom. The lowest BCUT2D eigenvalue weighted by Crippen LogP contribution is -2.30. The summed E-state index contributed by atoms with van der Waals surface area (Å²) < 4.78 is 0. The van der Waals surface area contributed by atoms with E-state index in [0.717, 1.165) is 40.5 Å². The van der Waals surface area contributed by atoms with Crippen LogP contribution in [0.1, 0.15) is 35.2 Å². The predicted molar refractivity (Wildman–Crippen MR) is 83.7 cm³/mol. The molecule has 1 aliphatic heterocycles. The highest BCUT2D eigenvalue weighted by atomic mass is 16.1. The molecule has 0 N–H and O–H groups in total. The molecule has 2 aromatic carbocycles. The molecule has 1 saturated carbocycles. The van der Waals surface area contributed by atoms with Crippen molar-refractivity contribution in [3.63, 3.8) is 0 Å². The fourth-order valence-electron chi connectivity index (χ4n) is 3.79. The summed E-state index contributed by atoms with van der Waals surface area (Å²) in [5.41, 5.74) is 3.18. The average Bonchev–Trinajstić information content (AvgIpc) is 3.08. The smallest absolute Gasteiger partial charge is 0.213 e. The van der Waals surface area contributed by atoms with E-state index in [1.54, 1.807) is 0 Å². The second-order valence-corrected chi connectivity index (χ2v) is 6.10. The van der Waals surface area contributed by atoms with Crippen molar-refractivity contribution in [2.75, 3.05) is 0 Å². The third-order valence-corrected chi connectivity index (χ3v) is 4.86. The number of carbonyl (C=O) groups is 1. The molecule has 0 bridgehead atoms. The van der Waals surface area contributed by atoms with Crippen LogP contribution in [0.5, 0.6) is 0 Å². The van der Waals surface area contributed by atoms with Crippen molar-refractivity contribution >= 4 is 28.0 Å². The number of fused-ring (bicyclic) bond motifs is 5. The number of rotatable bonds is 0. The van der Waals surface area contributed by atoms with Gasteiger partial charge in [-0.3, -0.25) is 14.8 Å². The molecule has 3 aliphatic rings. The topological polar surface area (TPSA) is 41.8 Å². The van der Waals surface area contributed by atoms with Crippen LogP contribution in [-0.2, 0) is 0 Å². The van der Waals surface area contributed by atoms with Gasteiger partial charge in [-0.05, 0) is 42.2 Å². The van der Waals surface area contributed by atoms with Gasteiger partial charge in [0, 0.05) is 11.1 Å². The molecule has 102 valence electrons. The molecule has 2 aliphatic carbocycles. The van der Waals surface area contributed by atoms with Crippen LogP contribution in [0, 0.1) is 0 Å². The molecule has 3 heteroatoms. The Morgan fingerprint density at radius 3 is 2.19 bits per heavy atom. The normalized spacial score (nSPS) is 26.2. The zero-order chi connectivity index (χ0) is 14.0. The van der Waals surface area contributed by atoms with E-state index in [1.807, 2.05) is 24.3 Å². The molecule has 2 atom stereocenters. The standard InChI is InChI=1S/C18H14N2O/c21-18-13-9-11-5-2-1-4-10(11)8-12(13)16-17(18)20-15-7-3-6-14(15)19-16/h1-2,4-5,8-9,14-15H,3,6-7H2. The molecule has 0 aromatic heterocycles. The van der Waals surface area contributed by atoms with E-state index in [4.69, 9.17) is 9.98 Å². The number of benzene rings is 2. The molecule has 5 rings (SSSR count). The fourth-order valence-corrected chi connectivity index (χ4v) is 3.79. The lowest BCUT2D eigenvalue weighted by atomic mass is 10.0. The lowest BCUT2D eigenvalue weighted by molar-refractivity contribution is 0.106. The van der Waals surface area contributed by atoms with Crippen LogP contribution in [0.4, 0.5) is 0 Å². The Morgan fingerprint density at radius 1 is 0.857 bits per heavy atom. The Hall–Kier alpha value is -2.29. The minimum atomic E-state index is 0.0554. The maximum Gasteiger partial charge on any atom is 0.213 e. The number of nitrogens with zero attached hydrogens (tertiary/aromatic N) is 2. The number of aliphatic imine (C=N–C) groups is 2. The summed E-state index contributed by atoms with van der Waals surface area (Å²) in [6, 6.07) is 12.8. The van der Waals surface area contributed by atoms with Gasteiger partial charge in [-0.2, -0.15) is 0 Å². The monoisotopic (exact) mass is 274 g/mol. The summed E-state index contributed by atoms with van der Waals surface area (Å²) in [7, 11) is 0. The van der Waals surface area contributed by atoms with Gasteiger partial charge in [-0.25, -0.2) is 0 Å². The van der Waals surface area contributed by atoms with Crippen LogP contribution in [0.3, 0.4) is 0 Å². The number of Topliss-reactive ketones (excluding diaryl/α,β-unsaturated/α-hetero) is 1. The largest absolute Gasteiger partial charge is 0.287 e. The van der Waals surface area contributed by atoms with Gasteiger partial charge in [0.15, 0.2) is 0 Å². The SMILES string of the molecule is O=C1C2=NC3CCCC3N=C2c2cc3ccccc3cc21. The van der Waals surface area contributed by atoms with Gasteiger partial charge in [0.1, 0.15) is 5.71 Å². The maximum absolute atomic E-state index is 12.7. The van der Waals surface area contributed by atoms with E-state index in [1.165, 1.54) is 6.42 Å². The van der Waals surface area contributed by atoms with Crippen molar-refractivity contribution in [2.24, 2.45) is 9.98 Å². The van der Waals surface area contributed by atoms with Crippen molar-refractivity contribution < 1.29 is 4.79 Å². The van der Waals surface area contributed by atoms with Gasteiger partial charge in [0.25, 0.3) is 0 Å². The zero-order valence-electron chi connectivity index (χ0n) is 11.5. The Kier molecular flexibility index (Phi) is 2.10. The number of ketones is 1. The highest BCUT2D eigenvalue weighted by Crippen LogP contribution is 2.34. The first-order chi connectivity index (χ1) is 10.3. The number of hydrogen-bond acceptors (Lipinski definition) is 3. The van der Waals surface area contributed by atoms with Crippen molar-refractivity contribution in [3.05, 3.63) is 47.5 Å². The fraction of sp³-hybridized carbons (Fsp3) is 0.278. The molecule has 1 fully saturated rings. The highest BCUT2D eigenvalue weighted by Gasteiger charge is 2.40. The maximum atomic E-state index is 12.7. The molecule has 0 saturated heterocycles. The Labute approximate surface area is 122 Å². The van der Waals surface area contributed by atoms with Crippen LogP contribution in [-0.4, -0.2) is 29.3 Å². The van der Waals surface area contributed by atoms with Gasteiger partial charge < -0.3 is 0 Å². The van der Waals surface area contributed by atoms with E-state index in [2.05, 4.69) is 12.1 Å². The first-order valence-corrected chi connectivity index (χ1v) is 7.55. The van der Waals surface area contributed by atoms with E-state index in [9.17, 15) is 4.79 Å². The summed E-state index contributed by atoms with van der Waals surface area (Å²) in [6.45, 7) is 0. The highest BCUT2D eigenvalue weighted by molar-refractivity contribution is 6.78. The van der Waals surface area contributed by atoms with Crippen LogP contribution in [0.25, 0.3) is 10.8 Å². The Balaban J connectivity index is 1.78. The molecule has 21 heavy (non-hydrogen) atoms. The van der Waals surface area contributed by atoms with Crippen LogP contribution in [0.15, 0.2) is 46.4 Å². The molecular formula is C18H14N2O. The van der Waals surface area contributed by atoms with Crippen LogP contribution < -0.4 is 0 Å². The van der Waals surface area contributed by atoms with Gasteiger partial charge in [0.2, 0.25) is 5.78 Å². The predicted octanol–water partition coefficient (Wildman–Crippen LogP) is 3.20. The molecule has 3 nitrogen and oxygen atoms in total.